The van der Waals surface area contributed by atoms with Crippen molar-refractivity contribution in [1.82, 2.24) is 4.57 Å². The van der Waals surface area contributed by atoms with Crippen LogP contribution in [0.3, 0.4) is 0 Å². The van der Waals surface area contributed by atoms with E-state index < -0.39 is 0 Å². The fourth-order valence-corrected chi connectivity index (χ4v) is 3.78. The molecular formula is C19H17N3O3S. The lowest BCUT2D eigenvalue weighted by Crippen LogP contribution is -2.42. The number of rotatable bonds is 3. The number of furan rings is 1. The molecule has 1 aliphatic heterocycles. The molecular weight excluding hydrogens is 350 g/mol. The van der Waals surface area contributed by atoms with E-state index in [1.165, 1.54) is 11.3 Å². The third-order valence-electron chi connectivity index (χ3n) is 4.25. The minimum atomic E-state index is -0.0761. The highest BCUT2D eigenvalue weighted by atomic mass is 32.1. The number of benzene rings is 1. The number of hydrogen-bond donors (Lipinski definition) is 0. The Kier molecular flexibility index (Phi) is 4.08. The second kappa shape index (κ2) is 6.42. The maximum Gasteiger partial charge on any atom is 0.271 e. The lowest BCUT2D eigenvalue weighted by atomic mass is 10.1. The zero-order chi connectivity index (χ0) is 18.3. The van der Waals surface area contributed by atoms with Crippen LogP contribution in [-0.2, 0) is 6.67 Å². The number of anilines is 1. The largest absolute Gasteiger partial charge is 0.462 e. The van der Waals surface area contributed by atoms with E-state index in [0.29, 0.717) is 34.0 Å². The van der Waals surface area contributed by atoms with Crippen LogP contribution in [0.15, 0.2) is 50.6 Å². The fraction of sp³-hybridized carbons (Fsp3) is 0.211. The second-order valence-electron chi connectivity index (χ2n) is 6.16. The summed E-state index contributed by atoms with van der Waals surface area (Å²) in [5.41, 5.74) is 1.52. The van der Waals surface area contributed by atoms with Crippen LogP contribution >= 0.6 is 11.3 Å². The summed E-state index contributed by atoms with van der Waals surface area (Å²) in [6.45, 7) is 4.31. The topological polar surface area (TPSA) is 67.8 Å². The van der Waals surface area contributed by atoms with Crippen molar-refractivity contribution in [2.45, 2.75) is 20.5 Å². The van der Waals surface area contributed by atoms with Gasteiger partial charge in [-0.3, -0.25) is 14.2 Å². The highest BCUT2D eigenvalue weighted by Gasteiger charge is 2.16. The summed E-state index contributed by atoms with van der Waals surface area (Å²) in [6, 6.07) is 11.1. The quantitative estimate of drug-likeness (QED) is 0.663. The van der Waals surface area contributed by atoms with E-state index in [2.05, 4.69) is 4.99 Å². The van der Waals surface area contributed by atoms with Crippen molar-refractivity contribution < 1.29 is 9.21 Å². The van der Waals surface area contributed by atoms with Crippen molar-refractivity contribution >= 4 is 28.9 Å². The van der Waals surface area contributed by atoms with Crippen LogP contribution in [-0.4, -0.2) is 17.0 Å². The molecule has 0 amide bonds. The van der Waals surface area contributed by atoms with Crippen molar-refractivity contribution in [3.8, 4) is 0 Å². The van der Waals surface area contributed by atoms with E-state index in [1.54, 1.807) is 29.7 Å². The summed E-state index contributed by atoms with van der Waals surface area (Å²) in [6.07, 6.45) is 1.76. The van der Waals surface area contributed by atoms with Gasteiger partial charge in [0.25, 0.3) is 5.56 Å². The van der Waals surface area contributed by atoms with Crippen LogP contribution in [0, 0.1) is 6.92 Å². The molecule has 0 saturated carbocycles. The minimum Gasteiger partial charge on any atom is -0.462 e. The monoisotopic (exact) mass is 367 g/mol. The summed E-state index contributed by atoms with van der Waals surface area (Å²) in [5.74, 6) is 1.50. The van der Waals surface area contributed by atoms with Gasteiger partial charge in [-0.2, -0.15) is 0 Å². The molecule has 1 aliphatic rings. The Bertz CT molecular complexity index is 1150. The Morgan fingerprint density at radius 2 is 2.00 bits per heavy atom. The number of thiazole rings is 1. The van der Waals surface area contributed by atoms with Crippen LogP contribution in [0.5, 0.6) is 0 Å². The second-order valence-corrected chi connectivity index (χ2v) is 7.17. The van der Waals surface area contributed by atoms with E-state index in [1.807, 2.05) is 36.1 Å². The summed E-state index contributed by atoms with van der Waals surface area (Å²) in [5, 5.41) is 0. The maximum atomic E-state index is 12.7. The molecule has 0 aliphatic carbocycles. The average molecular weight is 367 g/mol. The summed E-state index contributed by atoms with van der Waals surface area (Å²) < 4.78 is 7.79. The normalized spacial score (nSPS) is 14.2. The number of aromatic nitrogens is 1. The van der Waals surface area contributed by atoms with Gasteiger partial charge in [0.15, 0.2) is 10.6 Å². The Morgan fingerprint density at radius 3 is 2.65 bits per heavy atom. The van der Waals surface area contributed by atoms with Gasteiger partial charge >= 0.3 is 0 Å². The highest BCUT2D eigenvalue weighted by Crippen LogP contribution is 2.17. The van der Waals surface area contributed by atoms with Gasteiger partial charge in [-0.15, -0.1) is 0 Å². The number of carbonyl (C=O) groups excluding carboxylic acids is 1. The molecule has 0 atom stereocenters. The van der Waals surface area contributed by atoms with Crippen LogP contribution in [0.4, 0.5) is 5.69 Å². The van der Waals surface area contributed by atoms with E-state index in [-0.39, 0.29) is 11.3 Å². The van der Waals surface area contributed by atoms with Gasteiger partial charge in [-0.25, -0.2) is 4.99 Å². The van der Waals surface area contributed by atoms with Gasteiger partial charge in [0.1, 0.15) is 24.9 Å². The first-order chi connectivity index (χ1) is 12.5. The molecule has 26 heavy (non-hydrogen) atoms. The van der Waals surface area contributed by atoms with Crippen molar-refractivity contribution in [1.29, 1.82) is 0 Å². The third-order valence-corrected chi connectivity index (χ3v) is 5.29. The summed E-state index contributed by atoms with van der Waals surface area (Å²) in [7, 11) is 0. The molecule has 7 heteroatoms. The number of nitrogens with zero attached hydrogens (tertiary/aromatic N) is 3. The molecule has 0 saturated heterocycles. The minimum absolute atomic E-state index is 0.0320. The smallest absolute Gasteiger partial charge is 0.271 e. The van der Waals surface area contributed by atoms with Crippen LogP contribution in [0.2, 0.25) is 0 Å². The number of Topliss-reactive ketones (excluding diaryl/α,β-unsaturated/α-hetero) is 1. The average Bonchev–Trinajstić information content (AvgIpc) is 3.18. The molecule has 2 aromatic heterocycles. The predicted molar refractivity (Wildman–Crippen MR) is 100 cm³/mol. The zero-order valence-electron chi connectivity index (χ0n) is 14.4. The number of aryl methyl sites for hydroxylation is 1. The highest BCUT2D eigenvalue weighted by molar-refractivity contribution is 7.07. The van der Waals surface area contributed by atoms with Crippen molar-refractivity contribution in [3.63, 3.8) is 0 Å². The predicted octanol–water partition coefficient (Wildman–Crippen LogP) is 1.90. The van der Waals surface area contributed by atoms with Crippen molar-refractivity contribution in [3.05, 3.63) is 73.2 Å². The lowest BCUT2D eigenvalue weighted by molar-refractivity contribution is 0.101. The van der Waals surface area contributed by atoms with E-state index >= 15 is 0 Å². The van der Waals surface area contributed by atoms with Crippen molar-refractivity contribution in [2.75, 3.05) is 11.6 Å². The van der Waals surface area contributed by atoms with Gasteiger partial charge < -0.3 is 9.32 Å². The van der Waals surface area contributed by atoms with Gasteiger partial charge in [-0.05, 0) is 50.2 Å². The first-order valence-electron chi connectivity index (χ1n) is 8.19. The molecule has 3 heterocycles. The fourth-order valence-electron chi connectivity index (χ4n) is 2.84. The number of ketones is 1. The van der Waals surface area contributed by atoms with Gasteiger partial charge in [0.05, 0.1) is 4.53 Å². The number of carbonyl (C=O) groups is 1. The maximum absolute atomic E-state index is 12.7. The Hall–Kier alpha value is -2.93. The lowest BCUT2D eigenvalue weighted by Gasteiger charge is -2.25. The van der Waals surface area contributed by atoms with Crippen LogP contribution in [0.25, 0.3) is 6.08 Å². The molecule has 0 bridgehead atoms. The molecule has 6 nitrogen and oxygen atoms in total. The van der Waals surface area contributed by atoms with E-state index in [0.717, 1.165) is 11.4 Å². The molecule has 0 radical (unpaired) electrons. The molecule has 3 aromatic rings. The van der Waals surface area contributed by atoms with Crippen LogP contribution < -0.4 is 19.8 Å². The Morgan fingerprint density at radius 1 is 1.23 bits per heavy atom. The Labute approximate surface area is 153 Å². The van der Waals surface area contributed by atoms with Crippen molar-refractivity contribution in [2.24, 2.45) is 4.99 Å². The standard InChI is InChI=1S/C19H17N3O3S/c1-12-3-8-16(25-12)9-17-18(24)22-11-21(10-20-19(22)26-17)15-6-4-14(5-7-15)13(2)23/h3-9H,10-11H2,1-2H3. The molecule has 0 fully saturated rings. The summed E-state index contributed by atoms with van der Waals surface area (Å²) >= 11 is 1.37. The molecule has 0 unspecified atom stereocenters. The third kappa shape index (κ3) is 3.01. The van der Waals surface area contributed by atoms with Gasteiger partial charge in [-0.1, -0.05) is 11.3 Å². The Balaban J connectivity index is 1.66. The van der Waals surface area contributed by atoms with Gasteiger partial charge in [0.2, 0.25) is 0 Å². The molecule has 1 aromatic carbocycles. The first kappa shape index (κ1) is 16.5. The molecule has 4 rings (SSSR count). The zero-order valence-corrected chi connectivity index (χ0v) is 15.2. The van der Waals surface area contributed by atoms with Gasteiger partial charge in [0, 0.05) is 17.3 Å². The first-order valence-corrected chi connectivity index (χ1v) is 9.01. The van der Waals surface area contributed by atoms with E-state index in [4.69, 9.17) is 4.42 Å². The molecule has 0 N–H and O–H groups in total. The molecule has 0 spiro atoms. The molecule has 132 valence electrons. The SMILES string of the molecule is CC(=O)c1ccc(N2CN=c3sc(=Cc4ccc(C)o4)c(=O)n3C2)cc1. The summed E-state index contributed by atoms with van der Waals surface area (Å²) in [4.78, 5) is 31.4. The number of hydrogen-bond acceptors (Lipinski definition) is 6. The van der Waals surface area contributed by atoms with Crippen LogP contribution in [0.1, 0.15) is 28.8 Å². The number of fused-ring (bicyclic) bond motifs is 1. The van der Waals surface area contributed by atoms with E-state index in [9.17, 15) is 9.59 Å².